The summed E-state index contributed by atoms with van der Waals surface area (Å²) in [5.74, 6) is 0.717. The Bertz CT molecular complexity index is 704. The van der Waals surface area contributed by atoms with Crippen molar-refractivity contribution < 1.29 is 4.79 Å². The maximum absolute atomic E-state index is 12.5. The molecule has 7 heteroatoms. The lowest BCUT2D eigenvalue weighted by Gasteiger charge is -2.35. The van der Waals surface area contributed by atoms with E-state index in [1.165, 1.54) is 0 Å². The molecular formula is C18H22ClN5O. The monoisotopic (exact) mass is 359 g/mol. The highest BCUT2D eigenvalue weighted by Gasteiger charge is 2.23. The SMILES string of the molecule is CC(Cc1ccccc1Cl)NC(=O)N1CCN(c2ncccn2)CC1. The summed E-state index contributed by atoms with van der Waals surface area (Å²) in [5.41, 5.74) is 1.04. The lowest BCUT2D eigenvalue weighted by Crippen LogP contribution is -2.53. The van der Waals surface area contributed by atoms with Gasteiger partial charge in [-0.1, -0.05) is 29.8 Å². The van der Waals surface area contributed by atoms with Crippen LogP contribution in [0.4, 0.5) is 10.7 Å². The van der Waals surface area contributed by atoms with Crippen molar-refractivity contribution in [2.75, 3.05) is 31.1 Å². The van der Waals surface area contributed by atoms with Gasteiger partial charge in [0, 0.05) is 49.6 Å². The molecule has 0 aliphatic carbocycles. The predicted molar refractivity (Wildman–Crippen MR) is 99.0 cm³/mol. The van der Waals surface area contributed by atoms with Crippen LogP contribution < -0.4 is 10.2 Å². The van der Waals surface area contributed by atoms with Crippen LogP contribution in [0.5, 0.6) is 0 Å². The molecule has 1 aromatic carbocycles. The second kappa shape index (κ2) is 8.16. The minimum Gasteiger partial charge on any atom is -0.337 e. The number of carbonyl (C=O) groups is 1. The molecule has 1 unspecified atom stereocenters. The summed E-state index contributed by atoms with van der Waals surface area (Å²) < 4.78 is 0. The van der Waals surface area contributed by atoms with Gasteiger partial charge < -0.3 is 15.1 Å². The molecule has 1 aliphatic heterocycles. The van der Waals surface area contributed by atoms with E-state index in [4.69, 9.17) is 11.6 Å². The van der Waals surface area contributed by atoms with E-state index in [1.54, 1.807) is 18.5 Å². The molecule has 132 valence electrons. The number of halogens is 1. The maximum Gasteiger partial charge on any atom is 0.317 e. The smallest absolute Gasteiger partial charge is 0.317 e. The van der Waals surface area contributed by atoms with Crippen molar-refractivity contribution in [2.24, 2.45) is 0 Å². The summed E-state index contributed by atoms with van der Waals surface area (Å²) >= 11 is 6.19. The van der Waals surface area contributed by atoms with Crippen LogP contribution in [0.2, 0.25) is 5.02 Å². The van der Waals surface area contributed by atoms with E-state index in [0.29, 0.717) is 19.5 Å². The van der Waals surface area contributed by atoms with Crippen LogP contribution in [0.15, 0.2) is 42.7 Å². The van der Waals surface area contributed by atoms with Gasteiger partial charge in [-0.15, -0.1) is 0 Å². The molecule has 0 spiro atoms. The van der Waals surface area contributed by atoms with Crippen molar-refractivity contribution >= 4 is 23.6 Å². The number of rotatable bonds is 4. The van der Waals surface area contributed by atoms with Crippen LogP contribution in [0.3, 0.4) is 0 Å². The Hall–Kier alpha value is -2.34. The van der Waals surface area contributed by atoms with Crippen molar-refractivity contribution in [3.63, 3.8) is 0 Å². The number of anilines is 1. The van der Waals surface area contributed by atoms with Gasteiger partial charge >= 0.3 is 6.03 Å². The minimum absolute atomic E-state index is 0.0166. The van der Waals surface area contributed by atoms with Crippen molar-refractivity contribution in [3.8, 4) is 0 Å². The van der Waals surface area contributed by atoms with Crippen molar-refractivity contribution in [3.05, 3.63) is 53.3 Å². The zero-order valence-corrected chi connectivity index (χ0v) is 15.0. The van der Waals surface area contributed by atoms with E-state index < -0.39 is 0 Å². The summed E-state index contributed by atoms with van der Waals surface area (Å²) in [4.78, 5) is 24.9. The van der Waals surface area contributed by atoms with E-state index >= 15 is 0 Å². The molecule has 0 bridgehead atoms. The van der Waals surface area contributed by atoms with E-state index in [0.717, 1.165) is 29.6 Å². The molecule has 1 aliphatic rings. The molecule has 1 saturated heterocycles. The molecule has 2 heterocycles. The highest BCUT2D eigenvalue weighted by molar-refractivity contribution is 6.31. The standard InChI is InChI=1S/C18H22ClN5O/c1-14(13-15-5-2-3-6-16(15)19)22-18(25)24-11-9-23(10-12-24)17-20-7-4-8-21-17/h2-8,14H,9-13H2,1H3,(H,22,25). The van der Waals surface area contributed by atoms with Gasteiger partial charge in [0.15, 0.2) is 0 Å². The fourth-order valence-electron chi connectivity index (χ4n) is 2.91. The van der Waals surface area contributed by atoms with Gasteiger partial charge in [0.05, 0.1) is 0 Å². The van der Waals surface area contributed by atoms with E-state index in [-0.39, 0.29) is 12.1 Å². The first-order valence-corrected chi connectivity index (χ1v) is 8.82. The third kappa shape index (κ3) is 4.60. The number of hydrogen-bond acceptors (Lipinski definition) is 4. The Kier molecular flexibility index (Phi) is 5.71. The first kappa shape index (κ1) is 17.5. The predicted octanol–water partition coefficient (Wildman–Crippen LogP) is 2.59. The molecule has 0 radical (unpaired) electrons. The van der Waals surface area contributed by atoms with Gasteiger partial charge in [-0.05, 0) is 31.0 Å². The number of nitrogens with one attached hydrogen (secondary N) is 1. The van der Waals surface area contributed by atoms with E-state index in [2.05, 4.69) is 20.2 Å². The summed E-state index contributed by atoms with van der Waals surface area (Å²) in [6.07, 6.45) is 4.18. The van der Waals surface area contributed by atoms with Crippen LogP contribution in [0, 0.1) is 0 Å². The van der Waals surface area contributed by atoms with Crippen LogP contribution >= 0.6 is 11.6 Å². The molecule has 6 nitrogen and oxygen atoms in total. The van der Waals surface area contributed by atoms with Crippen LogP contribution in [0.1, 0.15) is 12.5 Å². The summed E-state index contributed by atoms with van der Waals surface area (Å²) in [7, 11) is 0. The Morgan fingerprint density at radius 3 is 2.52 bits per heavy atom. The van der Waals surface area contributed by atoms with Crippen molar-refractivity contribution in [2.45, 2.75) is 19.4 Å². The van der Waals surface area contributed by atoms with Crippen LogP contribution in [-0.4, -0.2) is 53.1 Å². The molecule has 1 atom stereocenters. The summed E-state index contributed by atoms with van der Waals surface area (Å²) in [6.45, 7) is 4.77. The number of urea groups is 1. The molecule has 1 aromatic heterocycles. The number of aromatic nitrogens is 2. The Morgan fingerprint density at radius 1 is 1.16 bits per heavy atom. The summed E-state index contributed by atoms with van der Waals surface area (Å²) in [5, 5.41) is 3.79. The number of amides is 2. The molecule has 25 heavy (non-hydrogen) atoms. The van der Waals surface area contributed by atoms with E-state index in [1.807, 2.05) is 36.1 Å². The molecule has 2 aromatic rings. The zero-order chi connectivity index (χ0) is 17.6. The number of nitrogens with zero attached hydrogens (tertiary/aromatic N) is 4. The molecule has 3 rings (SSSR count). The zero-order valence-electron chi connectivity index (χ0n) is 14.2. The van der Waals surface area contributed by atoms with Gasteiger partial charge in [0.25, 0.3) is 0 Å². The lowest BCUT2D eigenvalue weighted by molar-refractivity contribution is 0.190. The van der Waals surface area contributed by atoms with Crippen LogP contribution in [0.25, 0.3) is 0 Å². The lowest BCUT2D eigenvalue weighted by atomic mass is 10.1. The first-order chi connectivity index (χ1) is 12.1. The fraction of sp³-hybridized carbons (Fsp3) is 0.389. The maximum atomic E-state index is 12.5. The highest BCUT2D eigenvalue weighted by Crippen LogP contribution is 2.17. The second-order valence-corrected chi connectivity index (χ2v) is 6.58. The van der Waals surface area contributed by atoms with E-state index in [9.17, 15) is 4.79 Å². The minimum atomic E-state index is -0.0341. The third-order valence-electron chi connectivity index (χ3n) is 4.26. The fourth-order valence-corrected chi connectivity index (χ4v) is 3.12. The quantitative estimate of drug-likeness (QED) is 0.911. The van der Waals surface area contributed by atoms with Gasteiger partial charge in [-0.25, -0.2) is 14.8 Å². The Balaban J connectivity index is 1.48. The third-order valence-corrected chi connectivity index (χ3v) is 4.62. The number of piperazine rings is 1. The molecule has 0 saturated carbocycles. The molecular weight excluding hydrogens is 338 g/mol. The van der Waals surface area contributed by atoms with Crippen molar-refractivity contribution in [1.29, 1.82) is 0 Å². The van der Waals surface area contributed by atoms with Gasteiger partial charge in [-0.3, -0.25) is 0 Å². The highest BCUT2D eigenvalue weighted by atomic mass is 35.5. The number of benzene rings is 1. The molecule has 2 amide bonds. The Morgan fingerprint density at radius 2 is 1.84 bits per heavy atom. The normalized spacial score (nSPS) is 15.8. The largest absolute Gasteiger partial charge is 0.337 e. The average molecular weight is 360 g/mol. The topological polar surface area (TPSA) is 61.4 Å². The Labute approximate surface area is 152 Å². The average Bonchev–Trinajstić information content (AvgIpc) is 2.64. The number of hydrogen-bond donors (Lipinski definition) is 1. The van der Waals surface area contributed by atoms with Crippen molar-refractivity contribution in [1.82, 2.24) is 20.2 Å². The second-order valence-electron chi connectivity index (χ2n) is 6.17. The molecule has 1 N–H and O–H groups in total. The van der Waals surface area contributed by atoms with Gasteiger partial charge in [0.2, 0.25) is 5.95 Å². The first-order valence-electron chi connectivity index (χ1n) is 8.44. The number of carbonyl (C=O) groups excluding carboxylic acids is 1. The summed E-state index contributed by atoms with van der Waals surface area (Å²) in [6, 6.07) is 9.51. The van der Waals surface area contributed by atoms with Crippen LogP contribution in [-0.2, 0) is 6.42 Å². The van der Waals surface area contributed by atoms with Gasteiger partial charge in [-0.2, -0.15) is 0 Å². The molecule has 1 fully saturated rings. The van der Waals surface area contributed by atoms with Gasteiger partial charge in [0.1, 0.15) is 0 Å².